The molecule has 0 unspecified atom stereocenters. The van der Waals surface area contributed by atoms with Crippen molar-refractivity contribution in [2.45, 2.75) is 6.61 Å². The molecule has 0 fully saturated rings. The lowest BCUT2D eigenvalue weighted by atomic mass is 10.2. The van der Waals surface area contributed by atoms with Gasteiger partial charge in [-0.25, -0.2) is 0 Å². The lowest BCUT2D eigenvalue weighted by Gasteiger charge is -2.09. The highest BCUT2D eigenvalue weighted by Crippen LogP contribution is 2.19. The average molecular weight is 401 g/mol. The van der Waals surface area contributed by atoms with Crippen LogP contribution in [0.1, 0.15) is 16.2 Å². The van der Waals surface area contributed by atoms with Gasteiger partial charge in [0, 0.05) is 11.3 Å². The Bertz CT molecular complexity index is 1110. The molecule has 1 amide bonds. The van der Waals surface area contributed by atoms with Gasteiger partial charge in [0.25, 0.3) is 5.91 Å². The van der Waals surface area contributed by atoms with E-state index in [1.807, 2.05) is 42.5 Å². The van der Waals surface area contributed by atoms with Gasteiger partial charge in [-0.15, -0.1) is 5.10 Å². The molecule has 0 atom stereocenters. The van der Waals surface area contributed by atoms with Gasteiger partial charge in [0.1, 0.15) is 18.1 Å². The zero-order valence-electron chi connectivity index (χ0n) is 16.2. The molecule has 0 bridgehead atoms. The van der Waals surface area contributed by atoms with Gasteiger partial charge < -0.3 is 14.8 Å². The standard InChI is InChI=1S/C22H19N5O3/c1-29-19-13-9-18(10-14-19)27-21(24-25-26-27)15-30-20-11-7-17(8-12-20)23-22(28)16-5-3-2-4-6-16/h2-14H,15H2,1H3,(H,23,28). The number of ether oxygens (including phenoxy) is 2. The van der Waals surface area contributed by atoms with Crippen LogP contribution >= 0.6 is 0 Å². The van der Waals surface area contributed by atoms with Crippen molar-refractivity contribution in [3.63, 3.8) is 0 Å². The van der Waals surface area contributed by atoms with E-state index in [0.29, 0.717) is 22.8 Å². The number of hydrogen-bond donors (Lipinski definition) is 1. The van der Waals surface area contributed by atoms with E-state index in [4.69, 9.17) is 9.47 Å². The monoisotopic (exact) mass is 401 g/mol. The Kier molecular flexibility index (Phi) is 5.66. The molecule has 0 aliphatic carbocycles. The molecular weight excluding hydrogens is 382 g/mol. The van der Waals surface area contributed by atoms with Gasteiger partial charge in [0.2, 0.25) is 0 Å². The summed E-state index contributed by atoms with van der Waals surface area (Å²) in [5, 5.41) is 14.6. The van der Waals surface area contributed by atoms with Gasteiger partial charge >= 0.3 is 0 Å². The van der Waals surface area contributed by atoms with Gasteiger partial charge in [-0.1, -0.05) is 18.2 Å². The number of rotatable bonds is 7. The summed E-state index contributed by atoms with van der Waals surface area (Å²) in [5.74, 6) is 1.78. The summed E-state index contributed by atoms with van der Waals surface area (Å²) in [5.41, 5.74) is 2.08. The second-order valence-electron chi connectivity index (χ2n) is 6.34. The van der Waals surface area contributed by atoms with E-state index in [-0.39, 0.29) is 12.5 Å². The number of hydrogen-bond acceptors (Lipinski definition) is 6. The van der Waals surface area contributed by atoms with Crippen LogP contribution in [0.3, 0.4) is 0 Å². The number of benzene rings is 3. The van der Waals surface area contributed by atoms with E-state index in [9.17, 15) is 4.79 Å². The first-order chi connectivity index (χ1) is 14.7. The molecule has 0 saturated heterocycles. The van der Waals surface area contributed by atoms with Crippen molar-refractivity contribution < 1.29 is 14.3 Å². The summed E-state index contributed by atoms with van der Waals surface area (Å²) in [6.45, 7) is 0.189. The van der Waals surface area contributed by atoms with Crippen molar-refractivity contribution in [1.29, 1.82) is 0 Å². The highest BCUT2D eigenvalue weighted by molar-refractivity contribution is 6.04. The number of anilines is 1. The molecule has 8 nitrogen and oxygen atoms in total. The van der Waals surface area contributed by atoms with Gasteiger partial charge in [-0.05, 0) is 71.1 Å². The van der Waals surface area contributed by atoms with Crippen molar-refractivity contribution >= 4 is 11.6 Å². The fourth-order valence-electron chi connectivity index (χ4n) is 2.79. The Balaban J connectivity index is 1.38. The van der Waals surface area contributed by atoms with Gasteiger partial charge in [-0.3, -0.25) is 4.79 Å². The van der Waals surface area contributed by atoms with E-state index in [0.717, 1.165) is 11.4 Å². The van der Waals surface area contributed by atoms with Crippen LogP contribution < -0.4 is 14.8 Å². The fraction of sp³-hybridized carbons (Fsp3) is 0.0909. The topological polar surface area (TPSA) is 91.2 Å². The minimum atomic E-state index is -0.164. The van der Waals surface area contributed by atoms with Crippen molar-refractivity contribution in [1.82, 2.24) is 20.2 Å². The third-order valence-corrected chi connectivity index (χ3v) is 4.37. The summed E-state index contributed by atoms with van der Waals surface area (Å²) in [4.78, 5) is 12.2. The molecule has 150 valence electrons. The minimum Gasteiger partial charge on any atom is -0.497 e. The lowest BCUT2D eigenvalue weighted by molar-refractivity contribution is 0.102. The molecule has 4 rings (SSSR count). The van der Waals surface area contributed by atoms with Crippen molar-refractivity contribution in [2.24, 2.45) is 0 Å². The second kappa shape index (κ2) is 8.87. The molecule has 30 heavy (non-hydrogen) atoms. The van der Waals surface area contributed by atoms with Crippen LogP contribution in [0.15, 0.2) is 78.9 Å². The van der Waals surface area contributed by atoms with Crippen LogP contribution in [0.5, 0.6) is 11.5 Å². The van der Waals surface area contributed by atoms with Crippen LogP contribution in [0, 0.1) is 0 Å². The molecule has 0 saturated carbocycles. The number of tetrazole rings is 1. The smallest absolute Gasteiger partial charge is 0.255 e. The second-order valence-corrected chi connectivity index (χ2v) is 6.34. The predicted octanol–water partition coefficient (Wildman–Crippen LogP) is 3.50. The molecule has 8 heteroatoms. The first kappa shape index (κ1) is 19.1. The van der Waals surface area contributed by atoms with E-state index in [1.165, 1.54) is 0 Å². The summed E-state index contributed by atoms with van der Waals surface area (Å²) in [7, 11) is 1.61. The largest absolute Gasteiger partial charge is 0.497 e. The number of amides is 1. The normalized spacial score (nSPS) is 10.4. The van der Waals surface area contributed by atoms with Crippen molar-refractivity contribution in [3.8, 4) is 17.2 Å². The Morgan fingerprint density at radius 1 is 0.933 bits per heavy atom. The Morgan fingerprint density at radius 3 is 2.33 bits per heavy atom. The molecule has 0 radical (unpaired) electrons. The van der Waals surface area contributed by atoms with E-state index >= 15 is 0 Å². The fourth-order valence-corrected chi connectivity index (χ4v) is 2.79. The maximum absolute atomic E-state index is 12.2. The first-order valence-corrected chi connectivity index (χ1v) is 9.24. The Labute approximate surface area is 173 Å². The zero-order valence-corrected chi connectivity index (χ0v) is 16.2. The molecule has 1 N–H and O–H groups in total. The van der Waals surface area contributed by atoms with Gasteiger partial charge in [0.05, 0.1) is 12.8 Å². The number of methoxy groups -OCH3 is 1. The van der Waals surface area contributed by atoms with Crippen LogP contribution in [-0.4, -0.2) is 33.2 Å². The summed E-state index contributed by atoms with van der Waals surface area (Å²) in [6, 6.07) is 23.6. The predicted molar refractivity (Wildman–Crippen MR) is 111 cm³/mol. The van der Waals surface area contributed by atoms with E-state index in [2.05, 4.69) is 20.8 Å². The minimum absolute atomic E-state index is 0.164. The average Bonchev–Trinajstić information content (AvgIpc) is 3.28. The van der Waals surface area contributed by atoms with Crippen LogP contribution in [0.25, 0.3) is 5.69 Å². The Morgan fingerprint density at radius 2 is 1.63 bits per heavy atom. The number of carbonyl (C=O) groups is 1. The maximum atomic E-state index is 12.2. The molecule has 0 spiro atoms. The summed E-state index contributed by atoms with van der Waals surface area (Å²) in [6.07, 6.45) is 0. The first-order valence-electron chi connectivity index (χ1n) is 9.24. The molecule has 1 heterocycles. The lowest BCUT2D eigenvalue weighted by Crippen LogP contribution is -2.11. The third-order valence-electron chi connectivity index (χ3n) is 4.37. The SMILES string of the molecule is COc1ccc(-n2nnnc2COc2ccc(NC(=O)c3ccccc3)cc2)cc1. The number of nitrogens with zero attached hydrogens (tertiary/aromatic N) is 4. The van der Waals surface area contributed by atoms with Crippen LogP contribution in [0.4, 0.5) is 5.69 Å². The number of nitrogens with one attached hydrogen (secondary N) is 1. The molecular formula is C22H19N5O3. The highest BCUT2D eigenvalue weighted by Gasteiger charge is 2.10. The van der Waals surface area contributed by atoms with E-state index in [1.54, 1.807) is 48.2 Å². The summed E-state index contributed by atoms with van der Waals surface area (Å²) < 4.78 is 12.6. The van der Waals surface area contributed by atoms with Crippen LogP contribution in [-0.2, 0) is 6.61 Å². The number of aromatic nitrogens is 4. The molecule has 0 aliphatic heterocycles. The van der Waals surface area contributed by atoms with Crippen molar-refractivity contribution in [3.05, 3.63) is 90.3 Å². The van der Waals surface area contributed by atoms with Gasteiger partial charge in [0.15, 0.2) is 5.82 Å². The molecule has 1 aromatic heterocycles. The quantitative estimate of drug-likeness (QED) is 0.510. The Hall–Kier alpha value is -4.20. The molecule has 3 aromatic carbocycles. The maximum Gasteiger partial charge on any atom is 0.255 e. The summed E-state index contributed by atoms with van der Waals surface area (Å²) >= 11 is 0. The number of carbonyl (C=O) groups excluding carboxylic acids is 1. The molecule has 0 aliphatic rings. The van der Waals surface area contributed by atoms with Crippen molar-refractivity contribution in [2.75, 3.05) is 12.4 Å². The third kappa shape index (κ3) is 4.44. The van der Waals surface area contributed by atoms with E-state index < -0.39 is 0 Å². The molecule has 4 aromatic rings. The zero-order chi connectivity index (χ0) is 20.8. The van der Waals surface area contributed by atoms with Crippen LogP contribution in [0.2, 0.25) is 0 Å². The highest BCUT2D eigenvalue weighted by atomic mass is 16.5. The van der Waals surface area contributed by atoms with Gasteiger partial charge in [-0.2, -0.15) is 4.68 Å².